The zero-order chi connectivity index (χ0) is 10.8. The van der Waals surface area contributed by atoms with Crippen LogP contribution in [0.3, 0.4) is 0 Å². The van der Waals surface area contributed by atoms with Gasteiger partial charge in [-0.3, -0.25) is 4.79 Å². The fourth-order valence-electron chi connectivity index (χ4n) is 2.35. The van der Waals surface area contributed by atoms with E-state index in [0.29, 0.717) is 5.69 Å². The van der Waals surface area contributed by atoms with Gasteiger partial charge in [0.25, 0.3) is 0 Å². The molecule has 0 aromatic carbocycles. The minimum atomic E-state index is 0.180. The summed E-state index contributed by atoms with van der Waals surface area (Å²) in [6, 6.07) is 0. The van der Waals surface area contributed by atoms with Crippen molar-refractivity contribution in [1.82, 2.24) is 15.0 Å². The van der Waals surface area contributed by atoms with Gasteiger partial charge < -0.3 is 0 Å². The van der Waals surface area contributed by atoms with Gasteiger partial charge in [-0.25, -0.2) is 0 Å². The van der Waals surface area contributed by atoms with E-state index in [1.54, 1.807) is 13.2 Å². The second-order valence-corrected chi connectivity index (χ2v) is 4.37. The summed E-state index contributed by atoms with van der Waals surface area (Å²) < 4.78 is 0. The van der Waals surface area contributed by atoms with Crippen molar-refractivity contribution in [3.05, 3.63) is 11.9 Å². The first-order valence-corrected chi connectivity index (χ1v) is 5.61. The predicted octanol–water partition coefficient (Wildman–Crippen LogP) is 1.82. The van der Waals surface area contributed by atoms with Crippen molar-refractivity contribution in [2.24, 2.45) is 18.9 Å². The molecule has 4 heteroatoms. The van der Waals surface area contributed by atoms with E-state index in [2.05, 4.69) is 17.1 Å². The summed E-state index contributed by atoms with van der Waals surface area (Å²) in [6.45, 7) is 2.19. The zero-order valence-corrected chi connectivity index (χ0v) is 9.31. The highest BCUT2D eigenvalue weighted by atomic mass is 16.1. The Morgan fingerprint density at radius 1 is 1.60 bits per heavy atom. The van der Waals surface area contributed by atoms with Crippen LogP contribution in [0, 0.1) is 11.8 Å². The molecule has 0 spiro atoms. The SMILES string of the molecule is CCC1CCC(C(=O)c2cnn(C)n2)C1. The van der Waals surface area contributed by atoms with Crippen LogP contribution in [-0.2, 0) is 7.05 Å². The van der Waals surface area contributed by atoms with Gasteiger partial charge in [-0.1, -0.05) is 13.3 Å². The fraction of sp³-hybridized carbons (Fsp3) is 0.727. The molecule has 1 heterocycles. The summed E-state index contributed by atoms with van der Waals surface area (Å²) in [5.41, 5.74) is 0.527. The molecular weight excluding hydrogens is 190 g/mol. The van der Waals surface area contributed by atoms with E-state index in [9.17, 15) is 4.79 Å². The topological polar surface area (TPSA) is 47.8 Å². The van der Waals surface area contributed by atoms with Gasteiger partial charge >= 0.3 is 0 Å². The molecule has 0 bridgehead atoms. The summed E-state index contributed by atoms with van der Waals surface area (Å²) in [5.74, 6) is 1.10. The first-order valence-electron chi connectivity index (χ1n) is 5.61. The zero-order valence-electron chi connectivity index (χ0n) is 9.31. The van der Waals surface area contributed by atoms with Crippen molar-refractivity contribution in [3.63, 3.8) is 0 Å². The maximum Gasteiger partial charge on any atom is 0.187 e. The fourth-order valence-corrected chi connectivity index (χ4v) is 2.35. The quantitative estimate of drug-likeness (QED) is 0.710. The molecule has 0 radical (unpaired) electrons. The number of hydrogen-bond acceptors (Lipinski definition) is 3. The number of hydrogen-bond donors (Lipinski definition) is 0. The molecule has 2 unspecified atom stereocenters. The number of carbonyl (C=O) groups excluding carboxylic acids is 1. The number of carbonyl (C=O) groups is 1. The first-order chi connectivity index (χ1) is 7.20. The van der Waals surface area contributed by atoms with Crippen molar-refractivity contribution in [2.45, 2.75) is 32.6 Å². The minimum Gasteiger partial charge on any atom is -0.292 e. The molecular formula is C11H17N3O. The number of ketones is 1. The lowest BCUT2D eigenvalue weighted by atomic mass is 9.98. The van der Waals surface area contributed by atoms with Gasteiger partial charge in [0.05, 0.1) is 6.20 Å². The van der Waals surface area contributed by atoms with Crippen molar-refractivity contribution in [3.8, 4) is 0 Å². The average Bonchev–Trinajstić information content (AvgIpc) is 2.84. The average molecular weight is 207 g/mol. The Hall–Kier alpha value is -1.19. The van der Waals surface area contributed by atoms with Crippen LogP contribution in [0.2, 0.25) is 0 Å². The summed E-state index contributed by atoms with van der Waals surface area (Å²) in [4.78, 5) is 13.4. The lowest BCUT2D eigenvalue weighted by Crippen LogP contribution is -2.12. The Kier molecular flexibility index (Phi) is 2.84. The third-order valence-electron chi connectivity index (χ3n) is 3.34. The Morgan fingerprint density at radius 2 is 2.40 bits per heavy atom. The molecule has 4 nitrogen and oxygen atoms in total. The summed E-state index contributed by atoms with van der Waals surface area (Å²) in [6.07, 6.45) is 6.00. The van der Waals surface area contributed by atoms with Crippen LogP contribution < -0.4 is 0 Å². The van der Waals surface area contributed by atoms with Crippen LogP contribution in [0.25, 0.3) is 0 Å². The van der Waals surface area contributed by atoms with Crippen molar-refractivity contribution >= 4 is 5.78 Å². The summed E-state index contributed by atoms with van der Waals surface area (Å²) in [5, 5.41) is 8.00. The van der Waals surface area contributed by atoms with Gasteiger partial charge in [0.15, 0.2) is 5.78 Å². The highest BCUT2D eigenvalue weighted by Crippen LogP contribution is 2.34. The van der Waals surface area contributed by atoms with Gasteiger partial charge in [0.2, 0.25) is 0 Å². The van der Waals surface area contributed by atoms with E-state index < -0.39 is 0 Å². The second-order valence-electron chi connectivity index (χ2n) is 4.37. The van der Waals surface area contributed by atoms with Crippen molar-refractivity contribution in [1.29, 1.82) is 0 Å². The molecule has 1 aromatic rings. The largest absolute Gasteiger partial charge is 0.292 e. The first kappa shape index (κ1) is 10.3. The molecule has 1 aromatic heterocycles. The van der Waals surface area contributed by atoms with Crippen LogP contribution in [0.1, 0.15) is 43.1 Å². The maximum atomic E-state index is 12.0. The van der Waals surface area contributed by atoms with Gasteiger partial charge in [0.1, 0.15) is 5.69 Å². The van der Waals surface area contributed by atoms with Crippen LogP contribution >= 0.6 is 0 Å². The van der Waals surface area contributed by atoms with E-state index in [1.165, 1.54) is 17.6 Å². The molecule has 0 amide bonds. The highest BCUT2D eigenvalue weighted by Gasteiger charge is 2.30. The standard InChI is InChI=1S/C11H17N3O/c1-3-8-4-5-9(6-8)11(15)10-7-12-14(2)13-10/h7-9H,3-6H2,1-2H3. The summed E-state index contributed by atoms with van der Waals surface area (Å²) in [7, 11) is 1.74. The molecule has 2 rings (SSSR count). The third kappa shape index (κ3) is 2.08. The molecule has 0 aliphatic heterocycles. The van der Waals surface area contributed by atoms with Gasteiger partial charge in [0, 0.05) is 13.0 Å². The predicted molar refractivity (Wildman–Crippen MR) is 56.5 cm³/mol. The molecule has 0 N–H and O–H groups in total. The van der Waals surface area contributed by atoms with Crippen molar-refractivity contribution in [2.75, 3.05) is 0 Å². The Balaban J connectivity index is 2.03. The number of aromatic nitrogens is 3. The molecule has 1 aliphatic carbocycles. The number of aryl methyl sites for hydroxylation is 1. The Labute approximate surface area is 89.7 Å². The normalized spacial score (nSPS) is 25.7. The molecule has 82 valence electrons. The molecule has 1 saturated carbocycles. The Bertz CT molecular complexity index is 358. The Morgan fingerprint density at radius 3 is 2.93 bits per heavy atom. The van der Waals surface area contributed by atoms with Gasteiger partial charge in [-0.05, 0) is 25.2 Å². The molecule has 15 heavy (non-hydrogen) atoms. The number of nitrogens with zero attached hydrogens (tertiary/aromatic N) is 3. The van der Waals surface area contributed by atoms with Gasteiger partial charge in [-0.2, -0.15) is 15.0 Å². The van der Waals surface area contributed by atoms with E-state index in [0.717, 1.165) is 18.8 Å². The van der Waals surface area contributed by atoms with Crippen LogP contribution in [0.5, 0.6) is 0 Å². The second kappa shape index (κ2) is 4.13. The molecule has 1 fully saturated rings. The summed E-state index contributed by atoms with van der Waals surface area (Å²) >= 11 is 0. The van der Waals surface area contributed by atoms with E-state index >= 15 is 0 Å². The number of rotatable bonds is 3. The van der Waals surface area contributed by atoms with Crippen LogP contribution in [0.15, 0.2) is 6.20 Å². The molecule has 0 saturated heterocycles. The lowest BCUT2D eigenvalue weighted by molar-refractivity contribution is 0.0914. The smallest absolute Gasteiger partial charge is 0.187 e. The van der Waals surface area contributed by atoms with Crippen LogP contribution in [-0.4, -0.2) is 20.8 Å². The lowest BCUT2D eigenvalue weighted by Gasteiger charge is -2.06. The molecule has 2 atom stereocenters. The van der Waals surface area contributed by atoms with E-state index in [4.69, 9.17) is 0 Å². The highest BCUT2D eigenvalue weighted by molar-refractivity contribution is 5.95. The van der Waals surface area contributed by atoms with Gasteiger partial charge in [-0.15, -0.1) is 0 Å². The maximum absolute atomic E-state index is 12.0. The minimum absolute atomic E-state index is 0.180. The monoisotopic (exact) mass is 207 g/mol. The third-order valence-corrected chi connectivity index (χ3v) is 3.34. The van der Waals surface area contributed by atoms with Crippen LogP contribution in [0.4, 0.5) is 0 Å². The van der Waals surface area contributed by atoms with E-state index in [1.807, 2.05) is 0 Å². The van der Waals surface area contributed by atoms with E-state index in [-0.39, 0.29) is 11.7 Å². The molecule has 1 aliphatic rings. The number of Topliss-reactive ketones (excluding diaryl/α,β-unsaturated/α-hetero) is 1. The van der Waals surface area contributed by atoms with Crippen molar-refractivity contribution < 1.29 is 4.79 Å².